The summed E-state index contributed by atoms with van der Waals surface area (Å²) in [4.78, 5) is 18.6. The molecular weight excluding hydrogens is 304 g/mol. The van der Waals surface area contributed by atoms with Gasteiger partial charge < -0.3 is 14.1 Å². The Labute approximate surface area is 139 Å². The highest BCUT2D eigenvalue weighted by molar-refractivity contribution is 5.79. The highest BCUT2D eigenvalue weighted by atomic mass is 16.5. The molecule has 0 spiro atoms. The van der Waals surface area contributed by atoms with Gasteiger partial charge in [-0.05, 0) is 29.8 Å². The largest absolute Gasteiger partial charge is 0.436 e. The fourth-order valence-electron chi connectivity index (χ4n) is 2.86. The zero-order valence-corrected chi connectivity index (χ0v) is 13.3. The van der Waals surface area contributed by atoms with Gasteiger partial charge in [-0.1, -0.05) is 24.3 Å². The number of rotatable bonds is 3. The molecule has 1 aliphatic rings. The average Bonchev–Trinajstić information content (AvgIpc) is 3.07. The van der Waals surface area contributed by atoms with Gasteiger partial charge >= 0.3 is 0 Å². The van der Waals surface area contributed by atoms with Gasteiger partial charge in [0.2, 0.25) is 11.8 Å². The number of ether oxygens (including phenoxy) is 1. The van der Waals surface area contributed by atoms with Crippen molar-refractivity contribution in [2.75, 3.05) is 26.3 Å². The summed E-state index contributed by atoms with van der Waals surface area (Å²) < 4.78 is 11.0. The molecule has 1 amide bonds. The van der Waals surface area contributed by atoms with E-state index < -0.39 is 0 Å². The second-order valence-electron chi connectivity index (χ2n) is 5.85. The molecule has 3 aromatic rings. The molecule has 0 unspecified atom stereocenters. The molecule has 0 radical (unpaired) electrons. The minimum atomic E-state index is 0.146. The second-order valence-corrected chi connectivity index (χ2v) is 5.85. The van der Waals surface area contributed by atoms with Gasteiger partial charge in [-0.3, -0.25) is 4.79 Å². The van der Waals surface area contributed by atoms with Gasteiger partial charge in [0.1, 0.15) is 5.52 Å². The normalized spacial score (nSPS) is 14.9. The molecule has 0 atom stereocenters. The van der Waals surface area contributed by atoms with Gasteiger partial charge in [0, 0.05) is 18.7 Å². The molecule has 2 aromatic carbocycles. The Kier molecular flexibility index (Phi) is 4.01. The molecule has 2 heterocycles. The summed E-state index contributed by atoms with van der Waals surface area (Å²) in [5.41, 5.74) is 3.53. The van der Waals surface area contributed by atoms with Crippen LogP contribution in [-0.2, 0) is 16.0 Å². The van der Waals surface area contributed by atoms with Crippen LogP contribution in [-0.4, -0.2) is 42.1 Å². The van der Waals surface area contributed by atoms with Crippen molar-refractivity contribution in [1.29, 1.82) is 0 Å². The van der Waals surface area contributed by atoms with Crippen LogP contribution in [0.1, 0.15) is 5.56 Å². The summed E-state index contributed by atoms with van der Waals surface area (Å²) in [7, 11) is 0. The maximum absolute atomic E-state index is 12.3. The standard InChI is InChI=1S/C19H18N2O3/c22-18(21-9-11-23-12-10-21)13-14-5-7-15(8-6-14)19-20-16-3-1-2-4-17(16)24-19/h1-8H,9-13H2. The number of benzene rings is 2. The summed E-state index contributed by atoms with van der Waals surface area (Å²) in [5.74, 6) is 0.746. The van der Waals surface area contributed by atoms with E-state index in [1.807, 2.05) is 53.4 Å². The predicted molar refractivity (Wildman–Crippen MR) is 90.5 cm³/mol. The van der Waals surface area contributed by atoms with Gasteiger partial charge in [0.15, 0.2) is 5.58 Å². The van der Waals surface area contributed by atoms with Gasteiger partial charge in [-0.15, -0.1) is 0 Å². The van der Waals surface area contributed by atoms with Crippen LogP contribution >= 0.6 is 0 Å². The van der Waals surface area contributed by atoms with Crippen molar-refractivity contribution >= 4 is 17.0 Å². The van der Waals surface area contributed by atoms with Crippen LogP contribution in [0.3, 0.4) is 0 Å². The number of para-hydroxylation sites is 2. The minimum absolute atomic E-state index is 0.146. The van der Waals surface area contributed by atoms with E-state index in [9.17, 15) is 4.79 Å². The van der Waals surface area contributed by atoms with Crippen LogP contribution < -0.4 is 0 Å². The molecule has 1 aliphatic heterocycles. The first-order valence-corrected chi connectivity index (χ1v) is 8.10. The highest BCUT2D eigenvalue weighted by Crippen LogP contribution is 2.24. The van der Waals surface area contributed by atoms with E-state index in [1.54, 1.807) is 0 Å². The minimum Gasteiger partial charge on any atom is -0.436 e. The lowest BCUT2D eigenvalue weighted by molar-refractivity contribution is -0.134. The van der Waals surface area contributed by atoms with Gasteiger partial charge in [-0.25, -0.2) is 4.98 Å². The maximum atomic E-state index is 12.3. The molecule has 1 saturated heterocycles. The lowest BCUT2D eigenvalue weighted by Gasteiger charge is -2.26. The highest BCUT2D eigenvalue weighted by Gasteiger charge is 2.17. The third kappa shape index (κ3) is 3.03. The SMILES string of the molecule is O=C(Cc1ccc(-c2nc3ccccc3o2)cc1)N1CCOCC1. The van der Waals surface area contributed by atoms with Crippen LogP contribution in [0.2, 0.25) is 0 Å². The summed E-state index contributed by atoms with van der Waals surface area (Å²) >= 11 is 0. The summed E-state index contributed by atoms with van der Waals surface area (Å²) in [5, 5.41) is 0. The van der Waals surface area contributed by atoms with E-state index in [0.29, 0.717) is 38.6 Å². The molecule has 0 saturated carbocycles. The molecule has 0 aliphatic carbocycles. The van der Waals surface area contributed by atoms with Gasteiger partial charge in [0.05, 0.1) is 19.6 Å². The van der Waals surface area contributed by atoms with Crippen molar-refractivity contribution in [1.82, 2.24) is 9.88 Å². The third-order valence-corrected chi connectivity index (χ3v) is 4.21. The molecular formula is C19H18N2O3. The molecule has 0 bridgehead atoms. The maximum Gasteiger partial charge on any atom is 0.227 e. The average molecular weight is 322 g/mol. The van der Waals surface area contributed by atoms with Gasteiger partial charge in [0.25, 0.3) is 0 Å². The Bertz CT molecular complexity index is 815. The van der Waals surface area contributed by atoms with Crippen molar-refractivity contribution in [3.8, 4) is 11.5 Å². The zero-order valence-electron chi connectivity index (χ0n) is 13.3. The quantitative estimate of drug-likeness (QED) is 0.744. The topological polar surface area (TPSA) is 55.6 Å². The van der Waals surface area contributed by atoms with Crippen molar-refractivity contribution < 1.29 is 13.9 Å². The van der Waals surface area contributed by atoms with Crippen molar-refractivity contribution in [2.45, 2.75) is 6.42 Å². The molecule has 5 heteroatoms. The first kappa shape index (κ1) is 14.9. The lowest BCUT2D eigenvalue weighted by Crippen LogP contribution is -2.41. The molecule has 4 rings (SSSR count). The molecule has 1 aromatic heterocycles. The molecule has 122 valence electrons. The summed E-state index contributed by atoms with van der Waals surface area (Å²) in [6, 6.07) is 15.5. The van der Waals surface area contributed by atoms with Crippen molar-refractivity contribution in [3.63, 3.8) is 0 Å². The van der Waals surface area contributed by atoms with Crippen LogP contribution in [0.25, 0.3) is 22.6 Å². The van der Waals surface area contributed by atoms with Gasteiger partial charge in [-0.2, -0.15) is 0 Å². The van der Waals surface area contributed by atoms with E-state index in [-0.39, 0.29) is 5.91 Å². The van der Waals surface area contributed by atoms with E-state index in [1.165, 1.54) is 0 Å². The van der Waals surface area contributed by atoms with E-state index in [2.05, 4.69) is 4.98 Å². The number of carbonyl (C=O) groups is 1. The Balaban J connectivity index is 1.48. The summed E-state index contributed by atoms with van der Waals surface area (Å²) in [6.07, 6.45) is 0.411. The molecule has 5 nitrogen and oxygen atoms in total. The number of oxazole rings is 1. The third-order valence-electron chi connectivity index (χ3n) is 4.21. The summed E-state index contributed by atoms with van der Waals surface area (Å²) in [6.45, 7) is 2.62. The molecule has 24 heavy (non-hydrogen) atoms. The van der Waals surface area contributed by atoms with Crippen LogP contribution in [0.4, 0.5) is 0 Å². The number of aromatic nitrogens is 1. The first-order chi connectivity index (χ1) is 11.8. The number of amides is 1. The number of hydrogen-bond donors (Lipinski definition) is 0. The number of nitrogens with zero attached hydrogens (tertiary/aromatic N) is 2. The molecule has 1 fully saturated rings. The second kappa shape index (κ2) is 6.45. The van der Waals surface area contributed by atoms with Crippen molar-refractivity contribution in [3.05, 3.63) is 54.1 Å². The Hall–Kier alpha value is -2.66. The first-order valence-electron chi connectivity index (χ1n) is 8.10. The van der Waals surface area contributed by atoms with Crippen molar-refractivity contribution in [2.24, 2.45) is 0 Å². The smallest absolute Gasteiger partial charge is 0.227 e. The Morgan fingerprint density at radius 2 is 1.79 bits per heavy atom. The zero-order chi connectivity index (χ0) is 16.4. The molecule has 0 N–H and O–H groups in total. The van der Waals surface area contributed by atoms with E-state index in [4.69, 9.17) is 9.15 Å². The van der Waals surface area contributed by atoms with E-state index >= 15 is 0 Å². The Morgan fingerprint density at radius 1 is 1.04 bits per heavy atom. The number of carbonyl (C=O) groups excluding carboxylic acids is 1. The lowest BCUT2D eigenvalue weighted by atomic mass is 10.1. The monoisotopic (exact) mass is 322 g/mol. The number of fused-ring (bicyclic) bond motifs is 1. The fourth-order valence-corrected chi connectivity index (χ4v) is 2.86. The fraction of sp³-hybridized carbons (Fsp3) is 0.263. The number of morpholine rings is 1. The van der Waals surface area contributed by atoms with Crippen LogP contribution in [0.15, 0.2) is 52.9 Å². The number of hydrogen-bond acceptors (Lipinski definition) is 4. The Morgan fingerprint density at radius 3 is 2.54 bits per heavy atom. The van der Waals surface area contributed by atoms with Crippen LogP contribution in [0, 0.1) is 0 Å². The predicted octanol–water partition coefficient (Wildman–Crippen LogP) is 2.90. The van der Waals surface area contributed by atoms with Crippen LogP contribution in [0.5, 0.6) is 0 Å². The van der Waals surface area contributed by atoms with E-state index in [0.717, 1.165) is 22.2 Å².